The van der Waals surface area contributed by atoms with E-state index in [-0.39, 0.29) is 12.5 Å². The number of benzene rings is 1. The van der Waals surface area contributed by atoms with Gasteiger partial charge in [0, 0.05) is 5.56 Å². The molecule has 2 aliphatic carbocycles. The zero-order valence-electron chi connectivity index (χ0n) is 15.5. The summed E-state index contributed by atoms with van der Waals surface area (Å²) < 4.78 is 54.7. The van der Waals surface area contributed by atoms with Crippen LogP contribution in [0.3, 0.4) is 0 Å². The van der Waals surface area contributed by atoms with Crippen molar-refractivity contribution in [3.63, 3.8) is 0 Å². The summed E-state index contributed by atoms with van der Waals surface area (Å²) in [7, 11) is 0. The monoisotopic (exact) mass is 384 g/mol. The SMILES string of the molecule is FC(F)(F)Oc1ccc2c(c1)C(C1CCCCC1)(C1CCCCC1)OCO2. The maximum absolute atomic E-state index is 12.8. The first-order valence-corrected chi connectivity index (χ1v) is 10.2. The third kappa shape index (κ3) is 3.78. The van der Waals surface area contributed by atoms with E-state index in [0.717, 1.165) is 56.9 Å². The molecule has 1 aromatic rings. The van der Waals surface area contributed by atoms with Crippen LogP contribution in [0.2, 0.25) is 0 Å². The van der Waals surface area contributed by atoms with Crippen molar-refractivity contribution >= 4 is 0 Å². The largest absolute Gasteiger partial charge is 0.573 e. The third-order valence-electron chi connectivity index (χ3n) is 6.54. The van der Waals surface area contributed by atoms with Crippen molar-refractivity contribution in [1.82, 2.24) is 0 Å². The highest BCUT2D eigenvalue weighted by molar-refractivity contribution is 5.46. The van der Waals surface area contributed by atoms with Crippen molar-refractivity contribution < 1.29 is 27.4 Å². The molecule has 0 amide bonds. The van der Waals surface area contributed by atoms with Gasteiger partial charge < -0.3 is 14.2 Å². The topological polar surface area (TPSA) is 27.7 Å². The van der Waals surface area contributed by atoms with E-state index in [1.807, 2.05) is 0 Å². The van der Waals surface area contributed by atoms with Crippen LogP contribution in [0, 0.1) is 11.8 Å². The van der Waals surface area contributed by atoms with Crippen LogP contribution in [0.4, 0.5) is 13.2 Å². The fourth-order valence-electron chi connectivity index (χ4n) is 5.48. The second-order valence-corrected chi connectivity index (χ2v) is 8.08. The van der Waals surface area contributed by atoms with E-state index in [9.17, 15) is 13.2 Å². The standard InChI is InChI=1S/C21H27F3O3/c22-21(23,24)27-17-11-12-19-18(13-17)20(26-14-25-19,15-7-3-1-4-8-15)16-9-5-2-6-10-16/h11-13,15-16H,1-10,14H2. The molecule has 150 valence electrons. The highest BCUT2D eigenvalue weighted by atomic mass is 19.4. The molecule has 0 atom stereocenters. The summed E-state index contributed by atoms with van der Waals surface area (Å²) in [5.74, 6) is 1.09. The minimum Gasteiger partial charge on any atom is -0.467 e. The first kappa shape index (κ1) is 18.9. The summed E-state index contributed by atoms with van der Waals surface area (Å²) in [4.78, 5) is 0. The molecule has 1 heterocycles. The Morgan fingerprint density at radius 2 is 1.48 bits per heavy atom. The highest BCUT2D eigenvalue weighted by Crippen LogP contribution is 2.55. The predicted octanol–water partition coefficient (Wildman–Crippen LogP) is 6.31. The molecule has 2 saturated carbocycles. The average Bonchev–Trinajstić information content (AvgIpc) is 2.67. The molecule has 0 N–H and O–H groups in total. The second kappa shape index (κ2) is 7.53. The van der Waals surface area contributed by atoms with E-state index in [2.05, 4.69) is 4.74 Å². The van der Waals surface area contributed by atoms with E-state index < -0.39 is 12.0 Å². The lowest BCUT2D eigenvalue weighted by atomic mass is 9.63. The van der Waals surface area contributed by atoms with Crippen LogP contribution in [0.1, 0.15) is 69.8 Å². The second-order valence-electron chi connectivity index (χ2n) is 8.08. The van der Waals surface area contributed by atoms with E-state index >= 15 is 0 Å². The first-order valence-electron chi connectivity index (χ1n) is 10.2. The van der Waals surface area contributed by atoms with Gasteiger partial charge in [0.1, 0.15) is 17.1 Å². The van der Waals surface area contributed by atoms with Gasteiger partial charge in [-0.15, -0.1) is 13.2 Å². The number of hydrogen-bond acceptors (Lipinski definition) is 3. The number of rotatable bonds is 3. The summed E-state index contributed by atoms with van der Waals surface area (Å²) in [6.45, 7) is 0.166. The molecule has 0 radical (unpaired) electrons. The van der Waals surface area contributed by atoms with E-state index in [1.54, 1.807) is 6.07 Å². The van der Waals surface area contributed by atoms with E-state index in [4.69, 9.17) is 9.47 Å². The summed E-state index contributed by atoms with van der Waals surface area (Å²) in [5, 5.41) is 0. The Bertz CT molecular complexity index is 629. The Labute approximate surface area is 158 Å². The molecule has 2 fully saturated rings. The molecule has 0 spiro atoms. The van der Waals surface area contributed by atoms with Gasteiger partial charge in [0.25, 0.3) is 0 Å². The Balaban J connectivity index is 1.78. The van der Waals surface area contributed by atoms with Crippen LogP contribution in [-0.4, -0.2) is 13.2 Å². The van der Waals surface area contributed by atoms with Crippen molar-refractivity contribution in [3.05, 3.63) is 23.8 Å². The lowest BCUT2D eigenvalue weighted by Crippen LogP contribution is -2.49. The molecule has 1 aromatic carbocycles. The fourth-order valence-corrected chi connectivity index (χ4v) is 5.48. The fraction of sp³-hybridized carbons (Fsp3) is 0.714. The van der Waals surface area contributed by atoms with E-state index in [0.29, 0.717) is 17.6 Å². The molecule has 4 rings (SSSR count). The molecule has 0 bridgehead atoms. The van der Waals surface area contributed by atoms with Crippen LogP contribution in [0.15, 0.2) is 18.2 Å². The Hall–Kier alpha value is -1.43. The Kier molecular flexibility index (Phi) is 5.28. The number of alkyl halides is 3. The van der Waals surface area contributed by atoms with E-state index in [1.165, 1.54) is 25.0 Å². The molecule has 3 aliphatic rings. The van der Waals surface area contributed by atoms with Crippen molar-refractivity contribution in [2.24, 2.45) is 11.8 Å². The zero-order chi connectivity index (χ0) is 18.9. The quantitative estimate of drug-likeness (QED) is 0.611. The van der Waals surface area contributed by atoms with Crippen LogP contribution in [-0.2, 0) is 10.3 Å². The van der Waals surface area contributed by atoms with Gasteiger partial charge in [-0.25, -0.2) is 0 Å². The molecule has 0 aromatic heterocycles. The van der Waals surface area contributed by atoms with Crippen LogP contribution >= 0.6 is 0 Å². The van der Waals surface area contributed by atoms with Gasteiger partial charge in [0.15, 0.2) is 6.79 Å². The minimum atomic E-state index is -4.71. The molecule has 6 heteroatoms. The van der Waals surface area contributed by atoms with Crippen LogP contribution < -0.4 is 9.47 Å². The summed E-state index contributed by atoms with van der Waals surface area (Å²) >= 11 is 0. The third-order valence-corrected chi connectivity index (χ3v) is 6.54. The molecule has 1 aliphatic heterocycles. The molecule has 3 nitrogen and oxygen atoms in total. The maximum Gasteiger partial charge on any atom is 0.573 e. The first-order chi connectivity index (χ1) is 13.0. The van der Waals surface area contributed by atoms with Crippen molar-refractivity contribution in [2.75, 3.05) is 6.79 Å². The molecule has 0 saturated heterocycles. The number of fused-ring (bicyclic) bond motifs is 1. The molecular formula is C21H27F3O3. The van der Waals surface area contributed by atoms with Gasteiger partial charge >= 0.3 is 6.36 Å². The van der Waals surface area contributed by atoms with Gasteiger partial charge in [0.05, 0.1) is 0 Å². The smallest absolute Gasteiger partial charge is 0.467 e. The Morgan fingerprint density at radius 3 is 2.04 bits per heavy atom. The minimum absolute atomic E-state index is 0.166. The molecular weight excluding hydrogens is 357 g/mol. The average molecular weight is 384 g/mol. The lowest BCUT2D eigenvalue weighted by Gasteiger charge is -2.51. The van der Waals surface area contributed by atoms with Gasteiger partial charge in [-0.1, -0.05) is 38.5 Å². The number of halogens is 3. The van der Waals surface area contributed by atoms with Gasteiger partial charge in [-0.2, -0.15) is 0 Å². The summed E-state index contributed by atoms with van der Waals surface area (Å²) in [5.41, 5.74) is 0.202. The summed E-state index contributed by atoms with van der Waals surface area (Å²) in [6.07, 6.45) is 6.56. The Morgan fingerprint density at radius 1 is 0.889 bits per heavy atom. The lowest BCUT2D eigenvalue weighted by molar-refractivity contribution is -0.274. The maximum atomic E-state index is 12.8. The van der Waals surface area contributed by atoms with Crippen molar-refractivity contribution in [2.45, 2.75) is 76.2 Å². The van der Waals surface area contributed by atoms with Crippen LogP contribution in [0.5, 0.6) is 11.5 Å². The summed E-state index contributed by atoms with van der Waals surface area (Å²) in [6, 6.07) is 4.47. The van der Waals surface area contributed by atoms with Crippen molar-refractivity contribution in [3.8, 4) is 11.5 Å². The highest BCUT2D eigenvalue weighted by Gasteiger charge is 2.51. The van der Waals surface area contributed by atoms with Gasteiger partial charge in [0.2, 0.25) is 0 Å². The van der Waals surface area contributed by atoms with Crippen molar-refractivity contribution in [1.29, 1.82) is 0 Å². The van der Waals surface area contributed by atoms with Gasteiger partial charge in [-0.05, 0) is 55.7 Å². The zero-order valence-corrected chi connectivity index (χ0v) is 15.5. The number of ether oxygens (including phenoxy) is 3. The molecule has 27 heavy (non-hydrogen) atoms. The van der Waals surface area contributed by atoms with Gasteiger partial charge in [-0.3, -0.25) is 0 Å². The van der Waals surface area contributed by atoms with Crippen LogP contribution in [0.25, 0.3) is 0 Å². The predicted molar refractivity (Wildman–Crippen MR) is 94.5 cm³/mol. The number of hydrogen-bond donors (Lipinski definition) is 0. The normalized spacial score (nSPS) is 24.1. The molecule has 0 unspecified atom stereocenters.